The molecule has 0 saturated carbocycles. The van der Waals surface area contributed by atoms with E-state index in [1.165, 1.54) is 11.1 Å². The van der Waals surface area contributed by atoms with Gasteiger partial charge in [0.1, 0.15) is 5.75 Å². The van der Waals surface area contributed by atoms with Gasteiger partial charge in [-0.25, -0.2) is 4.98 Å². The third-order valence-electron chi connectivity index (χ3n) is 5.59. The van der Waals surface area contributed by atoms with Gasteiger partial charge in [0, 0.05) is 26.2 Å². The van der Waals surface area contributed by atoms with Crippen molar-refractivity contribution in [3.8, 4) is 5.75 Å². The van der Waals surface area contributed by atoms with Crippen molar-refractivity contribution >= 4 is 29.3 Å². The lowest BCUT2D eigenvalue weighted by Gasteiger charge is -2.26. The van der Waals surface area contributed by atoms with Gasteiger partial charge in [0.15, 0.2) is 5.82 Å². The molecule has 0 bridgehead atoms. The number of unbranched alkanes of at least 4 members (excludes halogenated alkanes) is 1. The lowest BCUT2D eigenvalue weighted by Crippen LogP contribution is -2.46. The first kappa shape index (κ1) is 23.1. The van der Waals surface area contributed by atoms with Gasteiger partial charge in [-0.15, -0.1) is 12.4 Å². The van der Waals surface area contributed by atoms with Crippen molar-refractivity contribution in [3.05, 3.63) is 59.4 Å². The fraction of sp³-hybridized carbons (Fsp3) is 0.417. The first-order chi connectivity index (χ1) is 14.7. The highest BCUT2D eigenvalue weighted by molar-refractivity contribution is 5.94. The maximum Gasteiger partial charge on any atom is 0.289 e. The molecule has 1 aliphatic heterocycles. The molecule has 4 rings (SSSR count). The second kappa shape index (κ2) is 11.2. The minimum atomic E-state index is -0.0152. The number of rotatable bonds is 8. The summed E-state index contributed by atoms with van der Waals surface area (Å²) in [4.78, 5) is 22.2. The van der Waals surface area contributed by atoms with Crippen LogP contribution in [0.3, 0.4) is 0 Å². The van der Waals surface area contributed by atoms with Gasteiger partial charge in [-0.2, -0.15) is 0 Å². The summed E-state index contributed by atoms with van der Waals surface area (Å²) in [5.74, 6) is 1.38. The number of halogens is 1. The number of hydrogen-bond acceptors (Lipinski definition) is 4. The average molecular weight is 443 g/mol. The average Bonchev–Trinajstić information content (AvgIpc) is 3.22. The van der Waals surface area contributed by atoms with Crippen LogP contribution >= 0.6 is 12.4 Å². The summed E-state index contributed by atoms with van der Waals surface area (Å²) in [6, 6.07) is 14.5. The largest absolute Gasteiger partial charge is 0.494 e. The lowest BCUT2D eigenvalue weighted by atomic mass is 10.1. The van der Waals surface area contributed by atoms with E-state index in [1.807, 2.05) is 17.0 Å². The molecule has 0 atom stereocenters. The molecule has 166 valence electrons. The van der Waals surface area contributed by atoms with Crippen molar-refractivity contribution in [1.29, 1.82) is 0 Å². The van der Waals surface area contributed by atoms with Crippen LogP contribution in [0.5, 0.6) is 5.75 Å². The SMILES string of the molecule is CCc1cccc(OCCCCc2ccc3nc(C(=O)N4CCNCC4)[nH]c3c2)c1.Cl. The Bertz CT molecular complexity index is 998. The van der Waals surface area contributed by atoms with E-state index < -0.39 is 0 Å². The summed E-state index contributed by atoms with van der Waals surface area (Å²) < 4.78 is 5.88. The van der Waals surface area contributed by atoms with Crippen LogP contribution in [-0.4, -0.2) is 53.6 Å². The Hall–Kier alpha value is -2.57. The number of carbonyl (C=O) groups is 1. The minimum absolute atomic E-state index is 0. The molecule has 0 aliphatic carbocycles. The van der Waals surface area contributed by atoms with Gasteiger partial charge < -0.3 is 19.9 Å². The number of nitrogens with zero attached hydrogens (tertiary/aromatic N) is 2. The molecule has 0 radical (unpaired) electrons. The van der Waals surface area contributed by atoms with Crippen LogP contribution in [0.25, 0.3) is 11.0 Å². The number of amides is 1. The smallest absolute Gasteiger partial charge is 0.289 e. The monoisotopic (exact) mass is 442 g/mol. The lowest BCUT2D eigenvalue weighted by molar-refractivity contribution is 0.0725. The van der Waals surface area contributed by atoms with Crippen molar-refractivity contribution in [1.82, 2.24) is 20.2 Å². The van der Waals surface area contributed by atoms with Crippen LogP contribution in [0.2, 0.25) is 0 Å². The summed E-state index contributed by atoms with van der Waals surface area (Å²) in [5.41, 5.74) is 4.32. The molecule has 6 nitrogen and oxygen atoms in total. The molecule has 3 aromatic rings. The van der Waals surface area contributed by atoms with E-state index >= 15 is 0 Å². The molecule has 1 aliphatic rings. The molecule has 2 N–H and O–H groups in total. The van der Waals surface area contributed by atoms with Crippen LogP contribution in [0.15, 0.2) is 42.5 Å². The number of piperazine rings is 1. The van der Waals surface area contributed by atoms with E-state index in [2.05, 4.69) is 52.5 Å². The summed E-state index contributed by atoms with van der Waals surface area (Å²) in [5, 5.41) is 3.26. The van der Waals surface area contributed by atoms with Gasteiger partial charge in [0.05, 0.1) is 17.6 Å². The Labute approximate surface area is 189 Å². The fourth-order valence-corrected chi connectivity index (χ4v) is 3.81. The number of aromatic nitrogens is 2. The summed E-state index contributed by atoms with van der Waals surface area (Å²) in [7, 11) is 0. The molecule has 0 spiro atoms. The van der Waals surface area contributed by atoms with E-state index in [1.54, 1.807) is 0 Å². The number of benzene rings is 2. The Morgan fingerprint density at radius 1 is 1.10 bits per heavy atom. The van der Waals surface area contributed by atoms with Gasteiger partial charge in [-0.1, -0.05) is 25.1 Å². The summed E-state index contributed by atoms with van der Waals surface area (Å²) in [6.45, 7) is 6.01. The van der Waals surface area contributed by atoms with E-state index in [9.17, 15) is 4.79 Å². The number of carbonyl (C=O) groups excluding carboxylic acids is 1. The van der Waals surface area contributed by atoms with Crippen LogP contribution in [0.4, 0.5) is 0 Å². The first-order valence-corrected chi connectivity index (χ1v) is 10.9. The van der Waals surface area contributed by atoms with Crippen LogP contribution in [0.1, 0.15) is 41.5 Å². The second-order valence-corrected chi connectivity index (χ2v) is 7.79. The summed E-state index contributed by atoms with van der Waals surface area (Å²) in [6.07, 6.45) is 4.06. The third kappa shape index (κ3) is 5.99. The molecule has 2 heterocycles. The van der Waals surface area contributed by atoms with Crippen molar-refractivity contribution in [2.45, 2.75) is 32.6 Å². The molecule has 1 aromatic heterocycles. The predicted octanol–water partition coefficient (Wildman–Crippen LogP) is 3.99. The number of imidazole rings is 1. The highest BCUT2D eigenvalue weighted by Crippen LogP contribution is 2.18. The predicted molar refractivity (Wildman–Crippen MR) is 126 cm³/mol. The number of hydrogen-bond donors (Lipinski definition) is 2. The zero-order valence-corrected chi connectivity index (χ0v) is 18.8. The van der Waals surface area contributed by atoms with E-state index in [4.69, 9.17) is 4.74 Å². The van der Waals surface area contributed by atoms with Gasteiger partial charge in [0.25, 0.3) is 5.91 Å². The molecule has 1 fully saturated rings. The van der Waals surface area contributed by atoms with Crippen molar-refractivity contribution < 1.29 is 9.53 Å². The number of fused-ring (bicyclic) bond motifs is 1. The number of H-pyrrole nitrogens is 1. The zero-order chi connectivity index (χ0) is 20.8. The Morgan fingerprint density at radius 2 is 1.94 bits per heavy atom. The molecule has 7 heteroatoms. The Kier molecular flexibility index (Phi) is 8.32. The van der Waals surface area contributed by atoms with Crippen LogP contribution in [-0.2, 0) is 12.8 Å². The Morgan fingerprint density at radius 3 is 2.74 bits per heavy atom. The number of aryl methyl sites for hydroxylation is 2. The van der Waals surface area contributed by atoms with Crippen molar-refractivity contribution in [2.24, 2.45) is 0 Å². The van der Waals surface area contributed by atoms with Crippen LogP contribution in [0, 0.1) is 0 Å². The normalized spacial score (nSPS) is 13.8. The topological polar surface area (TPSA) is 70.2 Å². The number of ether oxygens (including phenoxy) is 1. The van der Waals surface area contributed by atoms with E-state index in [-0.39, 0.29) is 18.3 Å². The van der Waals surface area contributed by atoms with Gasteiger partial charge in [-0.05, 0) is 61.1 Å². The fourth-order valence-electron chi connectivity index (χ4n) is 3.81. The highest BCUT2D eigenvalue weighted by atomic mass is 35.5. The molecule has 1 saturated heterocycles. The molecule has 2 aromatic carbocycles. The minimum Gasteiger partial charge on any atom is -0.494 e. The molecular formula is C24H31ClN4O2. The van der Waals surface area contributed by atoms with Crippen molar-refractivity contribution in [3.63, 3.8) is 0 Å². The quantitative estimate of drug-likeness (QED) is 0.517. The number of aromatic amines is 1. The van der Waals surface area contributed by atoms with Crippen molar-refractivity contribution in [2.75, 3.05) is 32.8 Å². The number of nitrogens with one attached hydrogen (secondary N) is 2. The highest BCUT2D eigenvalue weighted by Gasteiger charge is 2.20. The molecule has 31 heavy (non-hydrogen) atoms. The van der Waals surface area contributed by atoms with E-state index in [0.29, 0.717) is 5.82 Å². The van der Waals surface area contributed by atoms with Gasteiger partial charge in [0.2, 0.25) is 0 Å². The first-order valence-electron chi connectivity index (χ1n) is 10.9. The van der Waals surface area contributed by atoms with Gasteiger partial charge in [-0.3, -0.25) is 4.79 Å². The van der Waals surface area contributed by atoms with Gasteiger partial charge >= 0.3 is 0 Å². The Balaban J connectivity index is 0.00000272. The zero-order valence-electron chi connectivity index (χ0n) is 18.0. The second-order valence-electron chi connectivity index (χ2n) is 7.79. The third-order valence-corrected chi connectivity index (χ3v) is 5.59. The maximum absolute atomic E-state index is 12.6. The molecular weight excluding hydrogens is 412 g/mol. The molecule has 0 unspecified atom stereocenters. The van der Waals surface area contributed by atoms with Crippen LogP contribution < -0.4 is 10.1 Å². The van der Waals surface area contributed by atoms with E-state index in [0.717, 1.165) is 75.3 Å². The standard InChI is InChI=1S/C24H30N4O2.ClH/c1-2-18-7-5-8-20(16-18)30-15-4-3-6-19-9-10-21-22(17-19)27-23(26-21)24(29)28-13-11-25-12-14-28;/h5,7-10,16-17,25H,2-4,6,11-15H2,1H3,(H,26,27);1H. The summed E-state index contributed by atoms with van der Waals surface area (Å²) >= 11 is 0. The maximum atomic E-state index is 12.6. The molecule has 1 amide bonds.